The summed E-state index contributed by atoms with van der Waals surface area (Å²) in [6.45, 7) is 6.82. The molecule has 0 fully saturated rings. The molecule has 3 aromatic rings. The van der Waals surface area contributed by atoms with Gasteiger partial charge in [0.05, 0.1) is 6.54 Å². The highest BCUT2D eigenvalue weighted by Gasteiger charge is 2.17. The fourth-order valence-electron chi connectivity index (χ4n) is 2.94. The topological polar surface area (TPSA) is 51.0 Å². The third kappa shape index (κ3) is 4.35. The first kappa shape index (κ1) is 18.3. The molecule has 4 nitrogen and oxygen atoms in total. The molecule has 0 amide bonds. The molecule has 0 spiro atoms. The van der Waals surface area contributed by atoms with Gasteiger partial charge >= 0.3 is 0 Å². The maximum atomic E-state index is 13.2. The van der Waals surface area contributed by atoms with Gasteiger partial charge in [-0.1, -0.05) is 62.3 Å². The van der Waals surface area contributed by atoms with Crippen LogP contribution < -0.4 is 5.32 Å². The summed E-state index contributed by atoms with van der Waals surface area (Å²) in [7, 11) is 0. The molecule has 0 saturated carbocycles. The lowest BCUT2D eigenvalue weighted by atomic mass is 9.96. The van der Waals surface area contributed by atoms with Crippen molar-refractivity contribution in [3.05, 3.63) is 71.4 Å². The van der Waals surface area contributed by atoms with Crippen LogP contribution in [0.25, 0.3) is 11.4 Å². The molecule has 136 valence electrons. The molecule has 0 saturated heterocycles. The Kier molecular flexibility index (Phi) is 5.78. The summed E-state index contributed by atoms with van der Waals surface area (Å²) in [5, 5.41) is 7.51. The minimum absolute atomic E-state index is 0.0785. The maximum absolute atomic E-state index is 13.2. The van der Waals surface area contributed by atoms with Gasteiger partial charge in [0, 0.05) is 11.6 Å². The largest absolute Gasteiger partial charge is 0.338 e. The van der Waals surface area contributed by atoms with E-state index < -0.39 is 0 Å². The van der Waals surface area contributed by atoms with Crippen molar-refractivity contribution in [3.8, 4) is 11.4 Å². The summed E-state index contributed by atoms with van der Waals surface area (Å²) in [5.74, 6) is 1.23. The smallest absolute Gasteiger partial charge is 0.240 e. The van der Waals surface area contributed by atoms with Crippen LogP contribution in [-0.2, 0) is 13.0 Å². The Morgan fingerprint density at radius 2 is 1.73 bits per heavy atom. The van der Waals surface area contributed by atoms with Gasteiger partial charge < -0.3 is 9.84 Å². The number of hydrogen-bond donors (Lipinski definition) is 1. The van der Waals surface area contributed by atoms with E-state index in [0.29, 0.717) is 24.2 Å². The Morgan fingerprint density at radius 1 is 1.04 bits per heavy atom. The number of benzene rings is 2. The van der Waals surface area contributed by atoms with Crippen LogP contribution in [0.1, 0.15) is 43.8 Å². The van der Waals surface area contributed by atoms with E-state index in [9.17, 15) is 4.39 Å². The summed E-state index contributed by atoms with van der Waals surface area (Å²) in [4.78, 5) is 4.47. The molecule has 26 heavy (non-hydrogen) atoms. The molecule has 0 radical (unpaired) electrons. The average Bonchev–Trinajstić information content (AvgIpc) is 3.12. The van der Waals surface area contributed by atoms with Gasteiger partial charge in [-0.15, -0.1) is 0 Å². The molecule has 3 rings (SSSR count). The molecule has 0 aliphatic rings. The molecular weight excluding hydrogens is 329 g/mol. The molecular formula is C21H24FN3O. The van der Waals surface area contributed by atoms with Crippen LogP contribution in [0.5, 0.6) is 0 Å². The van der Waals surface area contributed by atoms with E-state index in [4.69, 9.17) is 4.52 Å². The summed E-state index contributed by atoms with van der Waals surface area (Å²) in [6.07, 6.45) is 1.00. The summed E-state index contributed by atoms with van der Waals surface area (Å²) < 4.78 is 18.5. The highest BCUT2D eigenvalue weighted by atomic mass is 19.1. The Hall–Kier alpha value is -2.53. The Labute approximate surface area is 153 Å². The fraction of sp³-hybridized carbons (Fsp3) is 0.333. The second-order valence-corrected chi connectivity index (χ2v) is 6.72. The van der Waals surface area contributed by atoms with Gasteiger partial charge in [-0.2, -0.15) is 4.98 Å². The summed E-state index contributed by atoms with van der Waals surface area (Å²) in [5.41, 5.74) is 3.26. The maximum Gasteiger partial charge on any atom is 0.240 e. The van der Waals surface area contributed by atoms with Crippen molar-refractivity contribution < 1.29 is 8.91 Å². The molecule has 0 aliphatic heterocycles. The first-order chi connectivity index (χ1) is 12.6. The lowest BCUT2D eigenvalue weighted by Crippen LogP contribution is -2.25. The zero-order valence-electron chi connectivity index (χ0n) is 15.4. The number of nitrogens with zero attached hydrogens (tertiary/aromatic N) is 2. The quantitative estimate of drug-likeness (QED) is 0.655. The van der Waals surface area contributed by atoms with E-state index in [-0.39, 0.29) is 11.9 Å². The predicted molar refractivity (Wildman–Crippen MR) is 99.9 cm³/mol. The Morgan fingerprint density at radius 3 is 2.35 bits per heavy atom. The first-order valence-corrected chi connectivity index (χ1v) is 8.97. The average molecular weight is 353 g/mol. The standard InChI is InChI=1S/C21H24FN3O/c1-4-15-5-7-17(8-6-15)21-24-19(26-25-21)13-23-20(14(2)3)16-9-11-18(22)12-10-16/h5-12,14,20,23H,4,13H2,1-3H3. The third-order valence-corrected chi connectivity index (χ3v) is 4.46. The van der Waals surface area contributed by atoms with Crippen molar-refractivity contribution >= 4 is 0 Å². The van der Waals surface area contributed by atoms with Crippen LogP contribution in [0.15, 0.2) is 53.1 Å². The van der Waals surface area contributed by atoms with Crippen LogP contribution in [0, 0.1) is 11.7 Å². The number of rotatable bonds is 7. The number of aryl methyl sites for hydroxylation is 1. The molecule has 0 aliphatic carbocycles. The normalized spacial score (nSPS) is 12.5. The summed E-state index contributed by atoms with van der Waals surface area (Å²) >= 11 is 0. The fourth-order valence-corrected chi connectivity index (χ4v) is 2.94. The van der Waals surface area contributed by atoms with Crippen LogP contribution in [0.3, 0.4) is 0 Å². The minimum Gasteiger partial charge on any atom is -0.338 e. The molecule has 1 aromatic heterocycles. The van der Waals surface area contributed by atoms with Gasteiger partial charge in [0.1, 0.15) is 5.82 Å². The van der Waals surface area contributed by atoms with E-state index in [1.54, 1.807) is 0 Å². The van der Waals surface area contributed by atoms with E-state index in [1.165, 1.54) is 17.7 Å². The van der Waals surface area contributed by atoms with Crippen LogP contribution in [0.4, 0.5) is 4.39 Å². The first-order valence-electron chi connectivity index (χ1n) is 8.97. The SMILES string of the molecule is CCc1ccc(-c2noc(CNC(c3ccc(F)cc3)C(C)C)n2)cc1. The lowest BCUT2D eigenvalue weighted by Gasteiger charge is -2.22. The second kappa shape index (κ2) is 8.23. The van der Waals surface area contributed by atoms with Crippen LogP contribution >= 0.6 is 0 Å². The van der Waals surface area contributed by atoms with Gasteiger partial charge in [0.2, 0.25) is 11.7 Å². The number of aromatic nitrogens is 2. The third-order valence-electron chi connectivity index (χ3n) is 4.46. The highest BCUT2D eigenvalue weighted by Crippen LogP contribution is 2.23. The minimum atomic E-state index is -0.230. The van der Waals surface area contributed by atoms with Crippen molar-refractivity contribution in [2.24, 2.45) is 5.92 Å². The Balaban J connectivity index is 1.68. The molecule has 1 N–H and O–H groups in total. The van der Waals surface area contributed by atoms with E-state index >= 15 is 0 Å². The molecule has 2 aromatic carbocycles. The zero-order valence-corrected chi connectivity index (χ0v) is 15.4. The van der Waals surface area contributed by atoms with Gasteiger partial charge in [-0.25, -0.2) is 4.39 Å². The number of hydrogen-bond acceptors (Lipinski definition) is 4. The van der Waals surface area contributed by atoms with E-state index in [0.717, 1.165) is 17.5 Å². The van der Waals surface area contributed by atoms with Crippen molar-refractivity contribution in [1.29, 1.82) is 0 Å². The molecule has 1 heterocycles. The second-order valence-electron chi connectivity index (χ2n) is 6.72. The highest BCUT2D eigenvalue weighted by molar-refractivity contribution is 5.54. The van der Waals surface area contributed by atoms with Gasteiger partial charge in [0.15, 0.2) is 0 Å². The van der Waals surface area contributed by atoms with Gasteiger partial charge in [-0.05, 0) is 35.6 Å². The van der Waals surface area contributed by atoms with Gasteiger partial charge in [0.25, 0.3) is 0 Å². The van der Waals surface area contributed by atoms with E-state index in [2.05, 4.69) is 48.4 Å². The van der Waals surface area contributed by atoms with Crippen LogP contribution in [-0.4, -0.2) is 10.1 Å². The Bertz CT molecular complexity index is 825. The lowest BCUT2D eigenvalue weighted by molar-refractivity contribution is 0.337. The zero-order chi connectivity index (χ0) is 18.5. The predicted octanol–water partition coefficient (Wildman–Crippen LogP) is 4.93. The van der Waals surface area contributed by atoms with E-state index in [1.807, 2.05) is 24.3 Å². The van der Waals surface area contributed by atoms with Crippen molar-refractivity contribution in [2.75, 3.05) is 0 Å². The van der Waals surface area contributed by atoms with Gasteiger partial charge in [-0.3, -0.25) is 0 Å². The monoisotopic (exact) mass is 353 g/mol. The van der Waals surface area contributed by atoms with Crippen molar-refractivity contribution in [1.82, 2.24) is 15.5 Å². The molecule has 1 unspecified atom stereocenters. The molecule has 1 atom stereocenters. The number of halogens is 1. The molecule has 5 heteroatoms. The van der Waals surface area contributed by atoms with Crippen molar-refractivity contribution in [3.63, 3.8) is 0 Å². The summed E-state index contributed by atoms with van der Waals surface area (Å²) in [6, 6.07) is 14.8. The van der Waals surface area contributed by atoms with Crippen LogP contribution in [0.2, 0.25) is 0 Å². The number of nitrogens with one attached hydrogen (secondary N) is 1. The molecule has 0 bridgehead atoms. The van der Waals surface area contributed by atoms with Crippen molar-refractivity contribution in [2.45, 2.75) is 39.8 Å².